The van der Waals surface area contributed by atoms with E-state index in [1.165, 1.54) is 0 Å². The number of hydrogen-bond donors (Lipinski definition) is 2. The third kappa shape index (κ3) is 5.07. The molecule has 0 spiro atoms. The van der Waals surface area contributed by atoms with Crippen molar-refractivity contribution in [2.75, 3.05) is 13.1 Å². The Labute approximate surface area is 134 Å². The highest BCUT2D eigenvalue weighted by Crippen LogP contribution is 2.10. The van der Waals surface area contributed by atoms with E-state index in [-0.39, 0.29) is 18.7 Å². The van der Waals surface area contributed by atoms with E-state index in [0.29, 0.717) is 5.56 Å². The van der Waals surface area contributed by atoms with Crippen LogP contribution in [0.25, 0.3) is 0 Å². The maximum Gasteiger partial charge on any atom is 0.362 e. The first-order chi connectivity index (χ1) is 11.1. The molecule has 23 heavy (non-hydrogen) atoms. The molecular formula is C16H21N3O4. The van der Waals surface area contributed by atoms with Crippen LogP contribution in [0.1, 0.15) is 36.0 Å². The fraction of sp³-hybridized carbons (Fsp3) is 0.438. The van der Waals surface area contributed by atoms with E-state index in [1.807, 2.05) is 0 Å². The second-order valence-corrected chi connectivity index (χ2v) is 5.46. The van der Waals surface area contributed by atoms with Gasteiger partial charge >= 0.3 is 5.97 Å². The highest BCUT2D eigenvalue weighted by atomic mass is 16.7. The number of nitrogens with two attached hydrogens (primary N) is 1. The molecule has 1 atom stereocenters. The van der Waals surface area contributed by atoms with Crippen molar-refractivity contribution in [2.24, 2.45) is 5.73 Å². The van der Waals surface area contributed by atoms with Crippen molar-refractivity contribution in [3.63, 3.8) is 0 Å². The van der Waals surface area contributed by atoms with Crippen LogP contribution < -0.4 is 11.2 Å². The van der Waals surface area contributed by atoms with Gasteiger partial charge < -0.3 is 15.5 Å². The smallest absolute Gasteiger partial charge is 0.341 e. The van der Waals surface area contributed by atoms with Gasteiger partial charge in [-0.15, -0.1) is 0 Å². The van der Waals surface area contributed by atoms with E-state index in [2.05, 4.69) is 5.48 Å². The fourth-order valence-corrected chi connectivity index (χ4v) is 2.37. The second-order valence-electron chi connectivity index (χ2n) is 5.46. The largest absolute Gasteiger partial charge is 0.362 e. The first-order valence-corrected chi connectivity index (χ1v) is 7.67. The maximum atomic E-state index is 12.0. The molecule has 1 aromatic carbocycles. The number of rotatable bonds is 5. The molecule has 0 aromatic heterocycles. The van der Waals surface area contributed by atoms with Crippen molar-refractivity contribution in [3.05, 3.63) is 35.9 Å². The van der Waals surface area contributed by atoms with Gasteiger partial charge in [0, 0.05) is 19.5 Å². The Kier molecular flexibility index (Phi) is 6.10. The zero-order chi connectivity index (χ0) is 16.7. The number of benzene rings is 1. The van der Waals surface area contributed by atoms with Gasteiger partial charge in [-0.05, 0) is 31.4 Å². The van der Waals surface area contributed by atoms with Crippen molar-refractivity contribution in [1.82, 2.24) is 10.4 Å². The Bertz CT molecular complexity index is 556. The van der Waals surface area contributed by atoms with Crippen LogP contribution in [0.4, 0.5) is 0 Å². The monoisotopic (exact) mass is 319 g/mol. The summed E-state index contributed by atoms with van der Waals surface area (Å²) in [5, 5.41) is 0. The number of hydrogen-bond acceptors (Lipinski definition) is 5. The summed E-state index contributed by atoms with van der Waals surface area (Å²) in [4.78, 5) is 41.7. The zero-order valence-corrected chi connectivity index (χ0v) is 12.9. The van der Waals surface area contributed by atoms with Crippen LogP contribution in [0, 0.1) is 0 Å². The Morgan fingerprint density at radius 3 is 2.48 bits per heavy atom. The SMILES string of the molecule is NC(CCC(=O)NOC(=O)c1ccccc1)C(=O)N1CCCC1. The van der Waals surface area contributed by atoms with Gasteiger partial charge in [-0.3, -0.25) is 9.59 Å². The average molecular weight is 319 g/mol. The van der Waals surface area contributed by atoms with Gasteiger partial charge in [0.1, 0.15) is 0 Å². The quantitative estimate of drug-likeness (QED) is 0.774. The highest BCUT2D eigenvalue weighted by Gasteiger charge is 2.24. The molecule has 2 rings (SSSR count). The number of hydroxylamine groups is 1. The van der Waals surface area contributed by atoms with Crippen LogP contribution in [0.5, 0.6) is 0 Å². The summed E-state index contributed by atoms with van der Waals surface area (Å²) in [5.41, 5.74) is 8.23. The molecule has 2 amide bonds. The van der Waals surface area contributed by atoms with Crippen LogP contribution in [0.2, 0.25) is 0 Å². The second kappa shape index (κ2) is 8.28. The van der Waals surface area contributed by atoms with Crippen LogP contribution in [0.15, 0.2) is 30.3 Å². The van der Waals surface area contributed by atoms with E-state index in [1.54, 1.807) is 35.2 Å². The summed E-state index contributed by atoms with van der Waals surface area (Å²) >= 11 is 0. The van der Waals surface area contributed by atoms with Gasteiger partial charge in [-0.1, -0.05) is 18.2 Å². The van der Waals surface area contributed by atoms with Crippen LogP contribution in [-0.2, 0) is 14.4 Å². The number of carbonyl (C=O) groups is 3. The van der Waals surface area contributed by atoms with E-state index >= 15 is 0 Å². The lowest BCUT2D eigenvalue weighted by atomic mass is 10.1. The van der Waals surface area contributed by atoms with Crippen LogP contribution >= 0.6 is 0 Å². The van der Waals surface area contributed by atoms with Crippen LogP contribution in [0.3, 0.4) is 0 Å². The van der Waals surface area contributed by atoms with Gasteiger partial charge in [0.15, 0.2) is 0 Å². The van der Waals surface area contributed by atoms with Gasteiger partial charge in [-0.25, -0.2) is 4.79 Å². The van der Waals surface area contributed by atoms with E-state index in [0.717, 1.165) is 25.9 Å². The summed E-state index contributed by atoms with van der Waals surface area (Å²) in [6, 6.07) is 7.62. The predicted molar refractivity (Wildman–Crippen MR) is 83.0 cm³/mol. The number of amides is 2. The molecule has 1 aromatic rings. The lowest BCUT2D eigenvalue weighted by molar-refractivity contribution is -0.132. The fourth-order valence-electron chi connectivity index (χ4n) is 2.37. The van der Waals surface area contributed by atoms with E-state index < -0.39 is 17.9 Å². The van der Waals surface area contributed by atoms with Crippen molar-refractivity contribution < 1.29 is 19.2 Å². The van der Waals surface area contributed by atoms with Crippen LogP contribution in [-0.4, -0.2) is 41.8 Å². The average Bonchev–Trinajstić information content (AvgIpc) is 3.12. The molecule has 124 valence electrons. The van der Waals surface area contributed by atoms with Gasteiger partial charge in [-0.2, -0.15) is 5.48 Å². The molecule has 7 nitrogen and oxygen atoms in total. The molecule has 1 aliphatic rings. The van der Waals surface area contributed by atoms with Crippen molar-refractivity contribution in [1.29, 1.82) is 0 Å². The summed E-state index contributed by atoms with van der Waals surface area (Å²) < 4.78 is 0. The highest BCUT2D eigenvalue weighted by molar-refractivity contribution is 5.90. The molecule has 1 heterocycles. The molecule has 0 saturated carbocycles. The number of likely N-dealkylation sites (tertiary alicyclic amines) is 1. The molecular weight excluding hydrogens is 298 g/mol. The maximum absolute atomic E-state index is 12.0. The number of nitrogens with one attached hydrogen (secondary N) is 1. The summed E-state index contributed by atoms with van der Waals surface area (Å²) in [6.07, 6.45) is 2.22. The normalized spacial score (nSPS) is 15.1. The molecule has 7 heteroatoms. The first-order valence-electron chi connectivity index (χ1n) is 7.67. The molecule has 1 aliphatic heterocycles. The van der Waals surface area contributed by atoms with Gasteiger partial charge in [0.05, 0.1) is 11.6 Å². The molecule has 3 N–H and O–H groups in total. The Morgan fingerprint density at radius 2 is 1.83 bits per heavy atom. The molecule has 1 saturated heterocycles. The zero-order valence-electron chi connectivity index (χ0n) is 12.9. The lowest BCUT2D eigenvalue weighted by Crippen LogP contribution is -2.43. The number of carbonyl (C=O) groups excluding carboxylic acids is 3. The minimum absolute atomic E-state index is 0.0167. The van der Waals surface area contributed by atoms with Crippen molar-refractivity contribution >= 4 is 17.8 Å². The van der Waals surface area contributed by atoms with E-state index in [4.69, 9.17) is 10.6 Å². The molecule has 0 aliphatic carbocycles. The molecule has 1 unspecified atom stereocenters. The van der Waals surface area contributed by atoms with Gasteiger partial charge in [0.25, 0.3) is 5.91 Å². The molecule has 0 radical (unpaired) electrons. The third-order valence-electron chi connectivity index (χ3n) is 3.68. The lowest BCUT2D eigenvalue weighted by Gasteiger charge is -2.19. The summed E-state index contributed by atoms with van der Waals surface area (Å²) in [6.45, 7) is 1.46. The molecule has 1 fully saturated rings. The minimum Gasteiger partial charge on any atom is -0.341 e. The Hall–Kier alpha value is -2.41. The topological polar surface area (TPSA) is 102 Å². The van der Waals surface area contributed by atoms with E-state index in [9.17, 15) is 14.4 Å². The molecule has 0 bridgehead atoms. The third-order valence-corrected chi connectivity index (χ3v) is 3.68. The summed E-state index contributed by atoms with van der Waals surface area (Å²) in [5.74, 6) is -1.26. The Morgan fingerprint density at radius 1 is 1.17 bits per heavy atom. The standard InChI is InChI=1S/C16H21N3O4/c17-13(15(21)19-10-4-5-11-19)8-9-14(20)18-23-16(22)12-6-2-1-3-7-12/h1-3,6-7,13H,4-5,8-11,17H2,(H,18,20). The Balaban J connectivity index is 1.68. The summed E-state index contributed by atoms with van der Waals surface area (Å²) in [7, 11) is 0. The van der Waals surface area contributed by atoms with Crippen molar-refractivity contribution in [3.8, 4) is 0 Å². The van der Waals surface area contributed by atoms with Crippen molar-refractivity contribution in [2.45, 2.75) is 31.7 Å². The first kappa shape index (κ1) is 17.0. The predicted octanol–water partition coefficient (Wildman–Crippen LogP) is 0.604. The number of nitrogens with zero attached hydrogens (tertiary/aromatic N) is 1. The minimum atomic E-state index is -0.705. The van der Waals surface area contributed by atoms with Gasteiger partial charge in [0.2, 0.25) is 5.91 Å².